The number of carbonyl (C=O) groups excluding carboxylic acids is 1. The van der Waals surface area contributed by atoms with Gasteiger partial charge in [0.05, 0.1) is 17.4 Å². The highest BCUT2D eigenvalue weighted by Crippen LogP contribution is 2.51. The van der Waals surface area contributed by atoms with Crippen molar-refractivity contribution in [2.24, 2.45) is 0 Å². The van der Waals surface area contributed by atoms with Crippen LogP contribution in [0.5, 0.6) is 11.5 Å². The van der Waals surface area contributed by atoms with Crippen LogP contribution >= 0.6 is 0 Å². The van der Waals surface area contributed by atoms with Crippen LogP contribution in [0.3, 0.4) is 0 Å². The van der Waals surface area contributed by atoms with E-state index in [1.54, 1.807) is 6.07 Å². The molecule has 1 aliphatic carbocycles. The summed E-state index contributed by atoms with van der Waals surface area (Å²) in [6.07, 6.45) is 2.66. The second kappa shape index (κ2) is 8.17. The van der Waals surface area contributed by atoms with Crippen molar-refractivity contribution in [3.8, 4) is 22.8 Å². The molecule has 172 valence electrons. The highest BCUT2D eigenvalue weighted by Gasteiger charge is 2.51. The summed E-state index contributed by atoms with van der Waals surface area (Å²) in [5.74, 6) is 1.75. The minimum absolute atomic E-state index is 0. The predicted octanol–water partition coefficient (Wildman–Crippen LogP) is 3.44. The van der Waals surface area contributed by atoms with E-state index < -0.39 is 15.4 Å². The van der Waals surface area contributed by atoms with Gasteiger partial charge in [-0.2, -0.15) is 0 Å². The van der Waals surface area contributed by atoms with Crippen molar-refractivity contribution in [2.75, 3.05) is 18.4 Å². The summed E-state index contributed by atoms with van der Waals surface area (Å²) in [5.41, 5.74) is 2.76. The molecule has 1 aromatic heterocycles. The SMILES string of the molecule is CS(=O)(=O)NCc1ccc(-c2cccc(NC(=O)C3(c4ccc5c(c4)OCO5)CC3)n2)cc1.[HH]. The zero-order valence-corrected chi connectivity index (χ0v) is 18.8. The van der Waals surface area contributed by atoms with Crippen LogP contribution < -0.4 is 19.5 Å². The molecular formula is C24H25N3O5S. The van der Waals surface area contributed by atoms with Crippen molar-refractivity contribution in [3.05, 3.63) is 71.8 Å². The van der Waals surface area contributed by atoms with Gasteiger partial charge in [0.1, 0.15) is 5.82 Å². The van der Waals surface area contributed by atoms with Gasteiger partial charge in [-0.1, -0.05) is 36.4 Å². The first kappa shape index (κ1) is 21.4. The van der Waals surface area contributed by atoms with Crippen LogP contribution in [0, 0.1) is 0 Å². The number of sulfonamides is 1. The van der Waals surface area contributed by atoms with Gasteiger partial charge in [0, 0.05) is 13.5 Å². The first-order chi connectivity index (χ1) is 15.8. The normalized spacial score (nSPS) is 15.8. The van der Waals surface area contributed by atoms with Crippen LogP contribution in [0.1, 0.15) is 25.4 Å². The Morgan fingerprint density at radius 2 is 1.82 bits per heavy atom. The van der Waals surface area contributed by atoms with E-state index >= 15 is 0 Å². The minimum atomic E-state index is -3.25. The van der Waals surface area contributed by atoms with Crippen molar-refractivity contribution in [3.63, 3.8) is 0 Å². The van der Waals surface area contributed by atoms with E-state index in [2.05, 4.69) is 15.0 Å². The van der Waals surface area contributed by atoms with Crippen molar-refractivity contribution in [1.29, 1.82) is 0 Å². The largest absolute Gasteiger partial charge is 0.454 e. The van der Waals surface area contributed by atoms with Crippen LogP contribution in [0.15, 0.2) is 60.7 Å². The summed E-state index contributed by atoms with van der Waals surface area (Å²) in [7, 11) is -3.25. The van der Waals surface area contributed by atoms with Gasteiger partial charge in [0.25, 0.3) is 0 Å². The van der Waals surface area contributed by atoms with Crippen molar-refractivity contribution < 1.29 is 24.1 Å². The molecule has 0 bridgehead atoms. The second-order valence-corrected chi connectivity index (χ2v) is 10.1. The van der Waals surface area contributed by atoms with Crippen LogP contribution in [-0.4, -0.2) is 32.4 Å². The number of hydrogen-bond donors (Lipinski definition) is 2. The Morgan fingerprint density at radius 1 is 1.06 bits per heavy atom. The van der Waals surface area contributed by atoms with E-state index in [4.69, 9.17) is 9.47 Å². The molecule has 5 rings (SSSR count). The van der Waals surface area contributed by atoms with E-state index in [0.717, 1.165) is 35.8 Å². The lowest BCUT2D eigenvalue weighted by Gasteiger charge is -2.16. The molecule has 1 fully saturated rings. The van der Waals surface area contributed by atoms with Gasteiger partial charge in [-0.15, -0.1) is 0 Å². The Morgan fingerprint density at radius 3 is 2.55 bits per heavy atom. The Labute approximate surface area is 193 Å². The average Bonchev–Trinajstić information content (AvgIpc) is 3.49. The fraction of sp³-hybridized carbons (Fsp3) is 0.250. The molecule has 0 saturated heterocycles. The number of pyridine rings is 1. The minimum Gasteiger partial charge on any atom is -0.454 e. The summed E-state index contributed by atoms with van der Waals surface area (Å²) >= 11 is 0. The lowest BCUT2D eigenvalue weighted by atomic mass is 9.94. The molecule has 2 aliphatic rings. The third-order valence-electron chi connectivity index (χ3n) is 5.89. The van der Waals surface area contributed by atoms with Gasteiger partial charge in [0.15, 0.2) is 11.5 Å². The Kier molecular flexibility index (Phi) is 5.30. The van der Waals surface area contributed by atoms with Gasteiger partial charge in [-0.05, 0) is 48.2 Å². The molecule has 0 spiro atoms. The molecule has 0 atom stereocenters. The monoisotopic (exact) mass is 467 g/mol. The Bertz CT molecular complexity index is 1320. The number of carbonyl (C=O) groups is 1. The predicted molar refractivity (Wildman–Crippen MR) is 126 cm³/mol. The first-order valence-electron chi connectivity index (χ1n) is 10.6. The van der Waals surface area contributed by atoms with Gasteiger partial charge in [0.2, 0.25) is 22.7 Å². The average molecular weight is 468 g/mol. The van der Waals surface area contributed by atoms with Crippen LogP contribution in [0.4, 0.5) is 5.82 Å². The maximum atomic E-state index is 13.2. The molecule has 3 aromatic rings. The second-order valence-electron chi connectivity index (χ2n) is 8.30. The van der Waals surface area contributed by atoms with Gasteiger partial charge >= 0.3 is 0 Å². The molecular weight excluding hydrogens is 442 g/mol. The quantitative estimate of drug-likeness (QED) is 0.551. The summed E-state index contributed by atoms with van der Waals surface area (Å²) < 4.78 is 35.8. The number of nitrogens with zero attached hydrogens (tertiary/aromatic N) is 1. The van der Waals surface area contributed by atoms with E-state index in [1.807, 2.05) is 54.6 Å². The molecule has 2 N–H and O–H groups in total. The third kappa shape index (κ3) is 4.55. The highest BCUT2D eigenvalue weighted by molar-refractivity contribution is 7.88. The molecule has 33 heavy (non-hydrogen) atoms. The number of anilines is 1. The number of rotatable bonds is 7. The molecule has 2 aromatic carbocycles. The fourth-order valence-electron chi connectivity index (χ4n) is 3.87. The summed E-state index contributed by atoms with van der Waals surface area (Å²) in [6, 6.07) is 18.6. The van der Waals surface area contributed by atoms with Gasteiger partial charge < -0.3 is 14.8 Å². The van der Waals surface area contributed by atoms with Gasteiger partial charge in [-0.25, -0.2) is 18.1 Å². The number of aromatic nitrogens is 1. The molecule has 1 saturated carbocycles. The van der Waals surface area contributed by atoms with Crippen LogP contribution in [0.25, 0.3) is 11.3 Å². The number of hydrogen-bond acceptors (Lipinski definition) is 6. The third-order valence-corrected chi connectivity index (χ3v) is 6.56. The van der Waals surface area contributed by atoms with Crippen molar-refractivity contribution in [1.82, 2.24) is 9.71 Å². The molecule has 8 nitrogen and oxygen atoms in total. The van der Waals surface area contributed by atoms with Crippen LogP contribution in [0.2, 0.25) is 0 Å². The van der Waals surface area contributed by atoms with E-state index in [9.17, 15) is 13.2 Å². The number of fused-ring (bicyclic) bond motifs is 1. The van der Waals surface area contributed by atoms with Crippen LogP contribution in [-0.2, 0) is 26.8 Å². The summed E-state index contributed by atoms with van der Waals surface area (Å²) in [6.45, 7) is 0.425. The van der Waals surface area contributed by atoms with E-state index in [-0.39, 0.29) is 20.7 Å². The molecule has 9 heteroatoms. The number of amides is 1. The summed E-state index contributed by atoms with van der Waals surface area (Å²) in [4.78, 5) is 17.8. The number of ether oxygens (including phenoxy) is 2. The maximum absolute atomic E-state index is 13.2. The van der Waals surface area contributed by atoms with Crippen molar-refractivity contribution in [2.45, 2.75) is 24.8 Å². The van der Waals surface area contributed by atoms with Crippen molar-refractivity contribution >= 4 is 21.7 Å². The zero-order chi connectivity index (χ0) is 23.1. The maximum Gasteiger partial charge on any atom is 0.236 e. The molecule has 1 aliphatic heterocycles. The highest BCUT2D eigenvalue weighted by atomic mass is 32.2. The zero-order valence-electron chi connectivity index (χ0n) is 18.0. The molecule has 1 amide bonds. The van der Waals surface area contributed by atoms with E-state index in [1.165, 1.54) is 0 Å². The Balaban J connectivity index is 0.00000274. The smallest absolute Gasteiger partial charge is 0.236 e. The Hall–Kier alpha value is -3.43. The molecule has 0 unspecified atom stereocenters. The molecule has 0 radical (unpaired) electrons. The standard InChI is InChI=1S/C24H23N3O5S.H2/c1-33(29,30)25-14-16-5-7-17(8-6-16)19-3-2-4-22(26-19)27-23(28)24(11-12-24)18-9-10-20-21(13-18)32-15-31-20;/h2-10,13,25H,11-12,14-15H2,1H3,(H,26,27,28);1H. The number of benzene rings is 2. The lowest BCUT2D eigenvalue weighted by Crippen LogP contribution is -2.28. The topological polar surface area (TPSA) is 107 Å². The summed E-state index contributed by atoms with van der Waals surface area (Å²) in [5, 5.41) is 2.97. The lowest BCUT2D eigenvalue weighted by molar-refractivity contribution is -0.118. The first-order valence-corrected chi connectivity index (χ1v) is 12.4. The number of nitrogens with one attached hydrogen (secondary N) is 2. The van der Waals surface area contributed by atoms with E-state index in [0.29, 0.717) is 23.0 Å². The van der Waals surface area contributed by atoms with Gasteiger partial charge in [-0.3, -0.25) is 4.79 Å². The fourth-order valence-corrected chi connectivity index (χ4v) is 4.30. The molecule has 2 heterocycles.